The molecule has 0 aliphatic heterocycles. The normalized spacial score (nSPS) is 10.3. The largest absolute Gasteiger partial charge is 0.399 e. The van der Waals surface area contributed by atoms with Gasteiger partial charge in [0.2, 0.25) is 0 Å². The topological polar surface area (TPSA) is 84.6 Å². The first-order valence-electron chi connectivity index (χ1n) is 5.66. The molecule has 1 aromatic carbocycles. The van der Waals surface area contributed by atoms with E-state index in [4.69, 9.17) is 27.2 Å². The number of hydrogen-bond acceptors (Lipinski definition) is 4. The summed E-state index contributed by atoms with van der Waals surface area (Å²) in [4.78, 5) is 11.7. The van der Waals surface area contributed by atoms with E-state index >= 15 is 0 Å². The van der Waals surface area contributed by atoms with Crippen molar-refractivity contribution in [1.82, 2.24) is 5.32 Å². The van der Waals surface area contributed by atoms with Crippen LogP contribution in [0.3, 0.4) is 0 Å². The Labute approximate surface area is 111 Å². The Hall–Kier alpha value is -1.30. The molecule has 1 amide bonds. The van der Waals surface area contributed by atoms with Crippen molar-refractivity contribution >= 4 is 23.2 Å². The summed E-state index contributed by atoms with van der Waals surface area (Å²) in [5.74, 6) is -0.216. The quantitative estimate of drug-likeness (QED) is 0.512. The fraction of sp³-hybridized carbons (Fsp3) is 0.417. The number of carbonyl (C=O) groups excluding carboxylic acids is 1. The summed E-state index contributed by atoms with van der Waals surface area (Å²) in [5.41, 5.74) is 6.50. The highest BCUT2D eigenvalue weighted by Crippen LogP contribution is 2.16. The molecule has 0 fully saturated rings. The van der Waals surface area contributed by atoms with Gasteiger partial charge in [0.05, 0.1) is 13.2 Å². The third-order valence-electron chi connectivity index (χ3n) is 2.17. The molecule has 0 atom stereocenters. The van der Waals surface area contributed by atoms with Crippen LogP contribution in [0.25, 0.3) is 0 Å². The Morgan fingerprint density at radius 2 is 2.17 bits per heavy atom. The predicted molar refractivity (Wildman–Crippen MR) is 70.7 cm³/mol. The van der Waals surface area contributed by atoms with Crippen molar-refractivity contribution in [3.8, 4) is 0 Å². The van der Waals surface area contributed by atoms with E-state index in [1.807, 2.05) is 0 Å². The highest BCUT2D eigenvalue weighted by atomic mass is 35.5. The molecular formula is C12H17ClN2O3. The van der Waals surface area contributed by atoms with Crippen LogP contribution in [-0.2, 0) is 4.74 Å². The summed E-state index contributed by atoms with van der Waals surface area (Å²) >= 11 is 5.81. The van der Waals surface area contributed by atoms with Crippen LogP contribution in [0.4, 0.5) is 5.69 Å². The first-order chi connectivity index (χ1) is 8.63. The van der Waals surface area contributed by atoms with Gasteiger partial charge in [-0.15, -0.1) is 0 Å². The van der Waals surface area contributed by atoms with Gasteiger partial charge in [0.15, 0.2) is 0 Å². The van der Waals surface area contributed by atoms with Crippen molar-refractivity contribution < 1.29 is 14.6 Å². The lowest BCUT2D eigenvalue weighted by Gasteiger charge is -2.06. The minimum Gasteiger partial charge on any atom is -0.399 e. The fourth-order valence-electron chi connectivity index (χ4n) is 1.39. The molecule has 0 unspecified atom stereocenters. The van der Waals surface area contributed by atoms with Gasteiger partial charge in [-0.3, -0.25) is 4.79 Å². The number of anilines is 1. The summed E-state index contributed by atoms with van der Waals surface area (Å²) in [6, 6.07) is 4.72. The van der Waals surface area contributed by atoms with Gasteiger partial charge in [-0.25, -0.2) is 0 Å². The molecule has 0 aliphatic rings. The average molecular weight is 273 g/mol. The fourth-order valence-corrected chi connectivity index (χ4v) is 1.63. The van der Waals surface area contributed by atoms with Gasteiger partial charge in [-0.1, -0.05) is 11.6 Å². The number of carbonyl (C=O) groups is 1. The Morgan fingerprint density at radius 3 is 2.83 bits per heavy atom. The van der Waals surface area contributed by atoms with Crippen LogP contribution in [0.5, 0.6) is 0 Å². The van der Waals surface area contributed by atoms with E-state index in [0.717, 1.165) is 0 Å². The number of amides is 1. The third-order valence-corrected chi connectivity index (χ3v) is 2.39. The van der Waals surface area contributed by atoms with E-state index in [1.165, 1.54) is 0 Å². The molecular weight excluding hydrogens is 256 g/mol. The Morgan fingerprint density at radius 1 is 1.39 bits per heavy atom. The Bertz CT molecular complexity index is 379. The molecule has 0 aromatic heterocycles. The van der Waals surface area contributed by atoms with Crippen molar-refractivity contribution in [2.24, 2.45) is 0 Å². The lowest BCUT2D eigenvalue weighted by atomic mass is 10.2. The standard InChI is InChI=1S/C12H17ClN2O3/c13-10-6-9(7-11(14)8-10)12(17)15-2-1-4-18-5-3-16/h6-8,16H,1-5,14H2,(H,15,17). The maximum absolute atomic E-state index is 11.7. The van der Waals surface area contributed by atoms with Gasteiger partial charge >= 0.3 is 0 Å². The number of aliphatic hydroxyl groups is 1. The number of aliphatic hydroxyl groups excluding tert-OH is 1. The van der Waals surface area contributed by atoms with Gasteiger partial charge in [-0.05, 0) is 24.6 Å². The van der Waals surface area contributed by atoms with E-state index < -0.39 is 0 Å². The van der Waals surface area contributed by atoms with Crippen LogP contribution < -0.4 is 11.1 Å². The SMILES string of the molecule is Nc1cc(Cl)cc(C(=O)NCCCOCCO)c1. The third kappa shape index (κ3) is 5.35. The predicted octanol–water partition coefficient (Wildman–Crippen LogP) is 1.05. The summed E-state index contributed by atoms with van der Waals surface area (Å²) in [6.45, 7) is 1.32. The molecule has 0 aliphatic carbocycles. The van der Waals surface area contributed by atoms with Crippen LogP contribution in [0.1, 0.15) is 16.8 Å². The lowest BCUT2D eigenvalue weighted by Crippen LogP contribution is -2.25. The van der Waals surface area contributed by atoms with Crippen molar-refractivity contribution in [3.05, 3.63) is 28.8 Å². The number of halogens is 1. The number of nitrogen functional groups attached to an aromatic ring is 1. The lowest BCUT2D eigenvalue weighted by molar-refractivity contribution is 0.0867. The van der Waals surface area contributed by atoms with E-state index in [0.29, 0.717) is 42.5 Å². The molecule has 0 saturated carbocycles. The molecule has 0 saturated heterocycles. The van der Waals surface area contributed by atoms with Gasteiger partial charge in [-0.2, -0.15) is 0 Å². The van der Waals surface area contributed by atoms with Crippen molar-refractivity contribution in [3.63, 3.8) is 0 Å². The molecule has 18 heavy (non-hydrogen) atoms. The maximum Gasteiger partial charge on any atom is 0.251 e. The van der Waals surface area contributed by atoms with Crippen LogP contribution >= 0.6 is 11.6 Å². The van der Waals surface area contributed by atoms with Gasteiger partial charge in [0.25, 0.3) is 5.91 Å². The van der Waals surface area contributed by atoms with Crippen LogP contribution in [-0.4, -0.2) is 37.4 Å². The van der Waals surface area contributed by atoms with Crippen molar-refractivity contribution in [2.75, 3.05) is 32.1 Å². The molecule has 6 heteroatoms. The van der Waals surface area contributed by atoms with E-state index in [-0.39, 0.29) is 12.5 Å². The average Bonchev–Trinajstić information content (AvgIpc) is 2.32. The zero-order valence-electron chi connectivity index (χ0n) is 9.99. The first kappa shape index (κ1) is 14.8. The van der Waals surface area contributed by atoms with E-state index in [9.17, 15) is 4.79 Å². The number of nitrogens with two attached hydrogens (primary N) is 1. The molecule has 100 valence electrons. The maximum atomic E-state index is 11.7. The molecule has 1 aromatic rings. The number of rotatable bonds is 7. The number of hydrogen-bond donors (Lipinski definition) is 3. The Kier molecular flexibility index (Phi) is 6.49. The highest BCUT2D eigenvalue weighted by Gasteiger charge is 2.06. The second-order valence-corrected chi connectivity index (χ2v) is 4.16. The van der Waals surface area contributed by atoms with Crippen molar-refractivity contribution in [1.29, 1.82) is 0 Å². The van der Waals surface area contributed by atoms with Crippen LogP contribution in [0.2, 0.25) is 5.02 Å². The minimum atomic E-state index is -0.216. The number of nitrogens with one attached hydrogen (secondary N) is 1. The number of ether oxygens (including phenoxy) is 1. The summed E-state index contributed by atoms with van der Waals surface area (Å²) in [7, 11) is 0. The molecule has 0 heterocycles. The zero-order valence-corrected chi connectivity index (χ0v) is 10.7. The van der Waals surface area contributed by atoms with Crippen LogP contribution in [0.15, 0.2) is 18.2 Å². The molecule has 0 radical (unpaired) electrons. The van der Waals surface area contributed by atoms with E-state index in [1.54, 1.807) is 18.2 Å². The smallest absolute Gasteiger partial charge is 0.251 e. The second kappa shape index (κ2) is 7.92. The highest BCUT2D eigenvalue weighted by molar-refractivity contribution is 6.31. The molecule has 0 spiro atoms. The monoisotopic (exact) mass is 272 g/mol. The summed E-state index contributed by atoms with van der Waals surface area (Å²) < 4.78 is 5.07. The molecule has 1 rings (SSSR count). The first-order valence-corrected chi connectivity index (χ1v) is 6.04. The molecule has 5 nitrogen and oxygen atoms in total. The second-order valence-electron chi connectivity index (χ2n) is 3.72. The number of benzene rings is 1. The Balaban J connectivity index is 2.32. The minimum absolute atomic E-state index is 0.00809. The summed E-state index contributed by atoms with van der Waals surface area (Å²) in [5, 5.41) is 11.7. The van der Waals surface area contributed by atoms with Gasteiger partial charge in [0.1, 0.15) is 0 Å². The van der Waals surface area contributed by atoms with E-state index in [2.05, 4.69) is 5.32 Å². The zero-order chi connectivity index (χ0) is 13.4. The molecule has 0 bridgehead atoms. The van der Waals surface area contributed by atoms with Crippen molar-refractivity contribution in [2.45, 2.75) is 6.42 Å². The summed E-state index contributed by atoms with van der Waals surface area (Å²) in [6.07, 6.45) is 0.682. The molecule has 4 N–H and O–H groups in total. The van der Waals surface area contributed by atoms with Crippen LogP contribution in [0, 0.1) is 0 Å². The van der Waals surface area contributed by atoms with Gasteiger partial charge in [0, 0.05) is 29.4 Å². The van der Waals surface area contributed by atoms with Gasteiger partial charge < -0.3 is 20.9 Å².